The maximum absolute atomic E-state index is 11.6. The van der Waals surface area contributed by atoms with Crippen molar-refractivity contribution in [3.63, 3.8) is 0 Å². The first-order valence-corrected chi connectivity index (χ1v) is 10.9. The van der Waals surface area contributed by atoms with Crippen molar-refractivity contribution in [2.24, 2.45) is 5.92 Å². The van der Waals surface area contributed by atoms with Crippen LogP contribution in [-0.2, 0) is 16.0 Å². The zero-order valence-electron chi connectivity index (χ0n) is 17.0. The fourth-order valence-corrected chi connectivity index (χ4v) is 4.12. The number of carbonyl (C=O) groups is 1. The molecule has 0 amide bonds. The summed E-state index contributed by atoms with van der Waals surface area (Å²) >= 11 is 0. The van der Waals surface area contributed by atoms with E-state index in [2.05, 4.69) is 12.1 Å². The molecule has 28 heavy (non-hydrogen) atoms. The molecule has 3 rings (SSSR count). The molecular weight excluding hydrogens is 356 g/mol. The summed E-state index contributed by atoms with van der Waals surface area (Å²) in [7, 11) is 0. The summed E-state index contributed by atoms with van der Waals surface area (Å²) < 4.78 is 15.8. The van der Waals surface area contributed by atoms with Crippen LogP contribution >= 0.6 is 0 Å². The molecule has 2 aliphatic rings. The minimum absolute atomic E-state index is 0.222. The number of cyclic esters (lactones) is 1. The van der Waals surface area contributed by atoms with Gasteiger partial charge in [0, 0.05) is 0 Å². The van der Waals surface area contributed by atoms with Gasteiger partial charge in [-0.15, -0.1) is 0 Å². The largest absolute Gasteiger partial charge is 0.460 e. The van der Waals surface area contributed by atoms with Crippen molar-refractivity contribution in [1.29, 1.82) is 0 Å². The molecule has 2 aliphatic heterocycles. The lowest BCUT2D eigenvalue weighted by atomic mass is 9.95. The topological polar surface area (TPSA) is 65.0 Å². The molecule has 0 spiro atoms. The first-order chi connectivity index (χ1) is 13.6. The Hall–Kier alpha value is -1.75. The molecule has 1 aromatic rings. The first-order valence-electron chi connectivity index (χ1n) is 10.9. The molecule has 156 valence electrons. The zero-order valence-corrected chi connectivity index (χ0v) is 17.0. The van der Waals surface area contributed by atoms with Crippen molar-refractivity contribution in [3.05, 3.63) is 23.8 Å². The van der Waals surface area contributed by atoms with E-state index in [4.69, 9.17) is 14.2 Å². The van der Waals surface area contributed by atoms with E-state index in [1.807, 2.05) is 6.07 Å². The molecule has 3 atom stereocenters. The van der Waals surface area contributed by atoms with Crippen molar-refractivity contribution >= 4 is 5.97 Å². The van der Waals surface area contributed by atoms with Gasteiger partial charge in [-0.1, -0.05) is 57.4 Å². The second kappa shape index (κ2) is 10.7. The Balaban J connectivity index is 1.13. The summed E-state index contributed by atoms with van der Waals surface area (Å²) in [6.07, 6.45) is 11.9. The van der Waals surface area contributed by atoms with E-state index in [-0.39, 0.29) is 18.0 Å². The number of rotatable bonds is 12. The fraction of sp³-hybridized carbons (Fsp3) is 0.696. The van der Waals surface area contributed by atoms with Gasteiger partial charge in [0.25, 0.3) is 0 Å². The van der Waals surface area contributed by atoms with E-state index in [9.17, 15) is 9.90 Å². The Morgan fingerprint density at radius 3 is 2.25 bits per heavy atom. The van der Waals surface area contributed by atoms with Gasteiger partial charge in [0.15, 0.2) is 11.5 Å². The highest BCUT2D eigenvalue weighted by molar-refractivity contribution is 5.75. The number of carbonyl (C=O) groups excluding carboxylic acids is 1. The van der Waals surface area contributed by atoms with Gasteiger partial charge in [-0.2, -0.15) is 0 Å². The molecule has 0 saturated carbocycles. The summed E-state index contributed by atoms with van der Waals surface area (Å²) in [5.41, 5.74) is 1.33. The monoisotopic (exact) mass is 390 g/mol. The van der Waals surface area contributed by atoms with Gasteiger partial charge in [-0.05, 0) is 43.9 Å². The molecule has 0 radical (unpaired) electrons. The van der Waals surface area contributed by atoms with Gasteiger partial charge >= 0.3 is 5.97 Å². The van der Waals surface area contributed by atoms with Crippen molar-refractivity contribution < 1.29 is 24.1 Å². The smallest absolute Gasteiger partial charge is 0.312 e. The summed E-state index contributed by atoms with van der Waals surface area (Å²) in [6, 6.07) is 6.25. The van der Waals surface area contributed by atoms with Crippen LogP contribution in [0.25, 0.3) is 0 Å². The number of unbranched alkanes of at least 4 members (excludes halogenated alkanes) is 8. The zero-order chi connectivity index (χ0) is 19.8. The maximum Gasteiger partial charge on any atom is 0.312 e. The second-order valence-corrected chi connectivity index (χ2v) is 8.15. The number of fused-ring (bicyclic) bond motifs is 1. The van der Waals surface area contributed by atoms with Crippen molar-refractivity contribution in [1.82, 2.24) is 0 Å². The molecule has 5 nitrogen and oxygen atoms in total. The Morgan fingerprint density at radius 1 is 0.929 bits per heavy atom. The Kier molecular flexibility index (Phi) is 8.01. The Morgan fingerprint density at radius 2 is 1.57 bits per heavy atom. The molecule has 1 N–H and O–H groups in total. The first kappa shape index (κ1) is 21.0. The Bertz CT molecular complexity index is 629. The third-order valence-electron chi connectivity index (χ3n) is 5.92. The summed E-state index contributed by atoms with van der Waals surface area (Å²) in [4.78, 5) is 11.6. The van der Waals surface area contributed by atoms with Crippen LogP contribution in [0.1, 0.15) is 76.7 Å². The number of hydrogen-bond donors (Lipinski definition) is 1. The van der Waals surface area contributed by atoms with E-state index in [1.54, 1.807) is 6.92 Å². The van der Waals surface area contributed by atoms with Gasteiger partial charge < -0.3 is 19.3 Å². The summed E-state index contributed by atoms with van der Waals surface area (Å²) in [5.74, 6) is 1.21. The standard InChI is InChI=1S/C23H34O5/c1-17-22(24)19(23(25)28-17)12-10-8-6-4-2-3-5-7-9-11-18-13-14-20-21(15-18)27-16-26-20/h13-15,17,19,22,24H,2-12,16H2,1H3/t17-,19+,22+/m1/s1. The van der Waals surface area contributed by atoms with Gasteiger partial charge in [-0.25, -0.2) is 0 Å². The highest BCUT2D eigenvalue weighted by atomic mass is 16.7. The van der Waals surface area contributed by atoms with Crippen molar-refractivity contribution in [3.8, 4) is 11.5 Å². The van der Waals surface area contributed by atoms with Gasteiger partial charge in [0.1, 0.15) is 12.2 Å². The fourth-order valence-electron chi connectivity index (χ4n) is 4.12. The lowest BCUT2D eigenvalue weighted by Crippen LogP contribution is -2.24. The highest BCUT2D eigenvalue weighted by Gasteiger charge is 2.40. The molecule has 0 unspecified atom stereocenters. The van der Waals surface area contributed by atoms with Crippen LogP contribution in [-0.4, -0.2) is 30.1 Å². The van der Waals surface area contributed by atoms with Crippen LogP contribution in [0.3, 0.4) is 0 Å². The number of aliphatic hydroxyl groups excluding tert-OH is 1. The third kappa shape index (κ3) is 5.87. The van der Waals surface area contributed by atoms with Crippen LogP contribution < -0.4 is 9.47 Å². The van der Waals surface area contributed by atoms with E-state index in [1.165, 1.54) is 50.5 Å². The van der Waals surface area contributed by atoms with Crippen LogP contribution in [0.15, 0.2) is 18.2 Å². The van der Waals surface area contributed by atoms with Crippen molar-refractivity contribution in [2.45, 2.75) is 89.8 Å². The average Bonchev–Trinajstić information content (AvgIpc) is 3.24. The molecule has 5 heteroatoms. The number of aliphatic hydroxyl groups is 1. The van der Waals surface area contributed by atoms with Crippen LogP contribution in [0.2, 0.25) is 0 Å². The molecular formula is C23H34O5. The van der Waals surface area contributed by atoms with Gasteiger partial charge in [0.2, 0.25) is 6.79 Å². The normalized spacial score (nSPS) is 23.2. The van der Waals surface area contributed by atoms with E-state index < -0.39 is 6.10 Å². The molecule has 0 aromatic heterocycles. The molecule has 1 saturated heterocycles. The molecule has 0 bridgehead atoms. The van der Waals surface area contributed by atoms with Crippen LogP contribution in [0.5, 0.6) is 11.5 Å². The maximum atomic E-state index is 11.6. The number of ether oxygens (including phenoxy) is 3. The molecule has 1 aromatic carbocycles. The van der Waals surface area contributed by atoms with E-state index >= 15 is 0 Å². The number of hydrogen-bond acceptors (Lipinski definition) is 5. The number of esters is 1. The van der Waals surface area contributed by atoms with Crippen molar-refractivity contribution in [2.75, 3.05) is 6.79 Å². The molecule has 2 heterocycles. The summed E-state index contributed by atoms with van der Waals surface area (Å²) in [5, 5.41) is 9.93. The van der Waals surface area contributed by atoms with E-state index in [0.29, 0.717) is 6.79 Å². The number of aryl methyl sites for hydroxylation is 1. The predicted octanol–water partition coefficient (Wildman–Crippen LogP) is 4.78. The quantitative estimate of drug-likeness (QED) is 0.411. The highest BCUT2D eigenvalue weighted by Crippen LogP contribution is 2.33. The Labute approximate surface area is 168 Å². The SMILES string of the molecule is C[C@H]1OC(=O)[C@@H](CCCCCCCCCCCc2ccc3c(c2)OCO3)[C@H]1O. The minimum Gasteiger partial charge on any atom is -0.460 e. The van der Waals surface area contributed by atoms with Crippen LogP contribution in [0, 0.1) is 5.92 Å². The van der Waals surface area contributed by atoms with Crippen LogP contribution in [0.4, 0.5) is 0 Å². The minimum atomic E-state index is -0.620. The molecule has 1 fully saturated rings. The molecule has 0 aliphatic carbocycles. The second-order valence-electron chi connectivity index (χ2n) is 8.15. The average molecular weight is 391 g/mol. The summed E-state index contributed by atoms with van der Waals surface area (Å²) in [6.45, 7) is 2.10. The lowest BCUT2D eigenvalue weighted by Gasteiger charge is -2.11. The lowest BCUT2D eigenvalue weighted by molar-refractivity contribution is -0.143. The third-order valence-corrected chi connectivity index (χ3v) is 5.92. The predicted molar refractivity (Wildman–Crippen MR) is 107 cm³/mol. The number of benzene rings is 1. The van der Waals surface area contributed by atoms with E-state index in [0.717, 1.165) is 37.2 Å². The van der Waals surface area contributed by atoms with Gasteiger partial charge in [0.05, 0.1) is 5.92 Å². The van der Waals surface area contributed by atoms with Gasteiger partial charge in [-0.3, -0.25) is 4.79 Å².